The van der Waals surface area contributed by atoms with Crippen molar-refractivity contribution in [3.8, 4) is 5.75 Å². The highest BCUT2D eigenvalue weighted by molar-refractivity contribution is 9.10. The van der Waals surface area contributed by atoms with E-state index in [1.54, 1.807) is 6.07 Å². The Balaban J connectivity index is 1.65. The maximum absolute atomic E-state index is 13.5. The molecule has 0 saturated heterocycles. The number of hydrogen-bond donors (Lipinski definition) is 1. The molecular weight excluding hydrogens is 389 g/mol. The van der Waals surface area contributed by atoms with Crippen LogP contribution in [0.25, 0.3) is 5.65 Å². The van der Waals surface area contributed by atoms with Gasteiger partial charge in [0.2, 0.25) is 0 Å². The Morgan fingerprint density at radius 3 is 2.76 bits per heavy atom. The lowest BCUT2D eigenvalue weighted by Crippen LogP contribution is -2.29. The second kappa shape index (κ2) is 7.65. The molecule has 3 rings (SSSR count). The van der Waals surface area contributed by atoms with Crippen LogP contribution in [0.3, 0.4) is 0 Å². The molecular formula is C18H17BrFN3O2. The molecule has 1 amide bonds. The van der Waals surface area contributed by atoms with Gasteiger partial charge in [0.05, 0.1) is 12.2 Å². The van der Waals surface area contributed by atoms with Gasteiger partial charge in [-0.15, -0.1) is 0 Å². The van der Waals surface area contributed by atoms with Crippen molar-refractivity contribution in [1.82, 2.24) is 14.7 Å². The van der Waals surface area contributed by atoms with E-state index in [-0.39, 0.29) is 5.91 Å². The first-order chi connectivity index (χ1) is 12.1. The quantitative estimate of drug-likeness (QED) is 0.637. The number of carbonyl (C=O) groups excluding carboxylic acids is 1. The zero-order chi connectivity index (χ0) is 17.8. The van der Waals surface area contributed by atoms with E-state index in [4.69, 9.17) is 4.74 Å². The number of amides is 1. The largest absolute Gasteiger partial charge is 0.492 e. The average molecular weight is 406 g/mol. The molecule has 1 N–H and O–H groups in total. The highest BCUT2D eigenvalue weighted by atomic mass is 79.9. The molecule has 0 radical (unpaired) electrons. The normalized spacial score (nSPS) is 10.8. The minimum absolute atomic E-state index is 0.297. The van der Waals surface area contributed by atoms with Crippen LogP contribution >= 0.6 is 15.9 Å². The number of aromatic nitrogens is 2. The van der Waals surface area contributed by atoms with Crippen molar-refractivity contribution in [2.24, 2.45) is 0 Å². The van der Waals surface area contributed by atoms with Gasteiger partial charge >= 0.3 is 0 Å². The number of halogens is 2. The van der Waals surface area contributed by atoms with Gasteiger partial charge in [0, 0.05) is 10.7 Å². The van der Waals surface area contributed by atoms with E-state index in [1.165, 1.54) is 16.7 Å². The first-order valence-electron chi connectivity index (χ1n) is 7.91. The van der Waals surface area contributed by atoms with Gasteiger partial charge in [-0.05, 0) is 42.8 Å². The topological polar surface area (TPSA) is 55.6 Å². The van der Waals surface area contributed by atoms with Crippen LogP contribution in [0.5, 0.6) is 5.75 Å². The molecule has 3 aromatic rings. The van der Waals surface area contributed by atoms with Gasteiger partial charge in [0.1, 0.15) is 29.5 Å². The SMILES string of the molecule is CCc1nc2ccc(F)cn2c1C(=O)NCCOc1ccc(Br)cc1. The maximum atomic E-state index is 13.5. The van der Waals surface area contributed by atoms with Gasteiger partial charge in [-0.3, -0.25) is 9.20 Å². The first kappa shape index (κ1) is 17.4. The summed E-state index contributed by atoms with van der Waals surface area (Å²) in [6.07, 6.45) is 1.86. The fraction of sp³-hybridized carbons (Fsp3) is 0.222. The molecule has 0 saturated carbocycles. The smallest absolute Gasteiger partial charge is 0.270 e. The second-order valence-electron chi connectivity index (χ2n) is 5.39. The molecule has 0 aliphatic rings. The maximum Gasteiger partial charge on any atom is 0.270 e. The number of nitrogens with zero attached hydrogens (tertiary/aromatic N) is 2. The summed E-state index contributed by atoms with van der Waals surface area (Å²) >= 11 is 3.36. The lowest BCUT2D eigenvalue weighted by atomic mass is 10.2. The molecule has 2 heterocycles. The summed E-state index contributed by atoms with van der Waals surface area (Å²) in [6, 6.07) is 10.3. The highest BCUT2D eigenvalue weighted by Crippen LogP contribution is 2.16. The van der Waals surface area contributed by atoms with Crippen LogP contribution in [0.4, 0.5) is 4.39 Å². The Morgan fingerprint density at radius 1 is 1.28 bits per heavy atom. The lowest BCUT2D eigenvalue weighted by Gasteiger charge is -2.09. The van der Waals surface area contributed by atoms with Crippen molar-refractivity contribution < 1.29 is 13.9 Å². The number of pyridine rings is 1. The van der Waals surface area contributed by atoms with Gasteiger partial charge in [-0.2, -0.15) is 0 Å². The van der Waals surface area contributed by atoms with E-state index in [0.717, 1.165) is 10.2 Å². The number of nitrogens with one attached hydrogen (secondary N) is 1. The molecule has 25 heavy (non-hydrogen) atoms. The minimum Gasteiger partial charge on any atom is -0.492 e. The summed E-state index contributed by atoms with van der Waals surface area (Å²) in [6.45, 7) is 2.58. The summed E-state index contributed by atoms with van der Waals surface area (Å²) in [7, 11) is 0. The third-order valence-electron chi connectivity index (χ3n) is 3.67. The molecule has 0 aliphatic heterocycles. The van der Waals surface area contributed by atoms with Gasteiger partial charge < -0.3 is 10.1 Å². The fourth-order valence-electron chi connectivity index (χ4n) is 2.50. The number of ether oxygens (including phenoxy) is 1. The highest BCUT2D eigenvalue weighted by Gasteiger charge is 2.18. The molecule has 1 aromatic carbocycles. The Bertz CT molecular complexity index is 893. The van der Waals surface area contributed by atoms with E-state index in [9.17, 15) is 9.18 Å². The van der Waals surface area contributed by atoms with Crippen LogP contribution in [-0.2, 0) is 6.42 Å². The van der Waals surface area contributed by atoms with E-state index in [0.29, 0.717) is 36.6 Å². The lowest BCUT2D eigenvalue weighted by molar-refractivity contribution is 0.0940. The zero-order valence-electron chi connectivity index (χ0n) is 13.6. The van der Waals surface area contributed by atoms with Crippen molar-refractivity contribution >= 4 is 27.5 Å². The molecule has 130 valence electrons. The molecule has 0 aliphatic carbocycles. The van der Waals surface area contributed by atoms with Crippen molar-refractivity contribution in [1.29, 1.82) is 0 Å². The number of imidazole rings is 1. The molecule has 0 spiro atoms. The number of aryl methyl sites for hydroxylation is 1. The van der Waals surface area contributed by atoms with Gasteiger partial charge in [0.25, 0.3) is 5.91 Å². The third kappa shape index (κ3) is 3.99. The van der Waals surface area contributed by atoms with Crippen LogP contribution in [0, 0.1) is 5.82 Å². The van der Waals surface area contributed by atoms with Crippen LogP contribution in [0.1, 0.15) is 23.1 Å². The molecule has 0 unspecified atom stereocenters. The number of carbonyl (C=O) groups is 1. The van der Waals surface area contributed by atoms with Crippen LogP contribution in [0.2, 0.25) is 0 Å². The molecule has 0 atom stereocenters. The fourth-order valence-corrected chi connectivity index (χ4v) is 2.77. The number of benzene rings is 1. The Labute approximate surface area is 153 Å². The van der Waals surface area contributed by atoms with Crippen LogP contribution in [-0.4, -0.2) is 28.4 Å². The summed E-state index contributed by atoms with van der Waals surface area (Å²) < 4.78 is 21.5. The molecule has 7 heteroatoms. The predicted molar refractivity (Wildman–Crippen MR) is 96.5 cm³/mol. The van der Waals surface area contributed by atoms with Crippen LogP contribution < -0.4 is 10.1 Å². The van der Waals surface area contributed by atoms with Crippen molar-refractivity contribution in [2.45, 2.75) is 13.3 Å². The van der Waals surface area contributed by atoms with Gasteiger partial charge in [-0.25, -0.2) is 9.37 Å². The minimum atomic E-state index is -0.417. The predicted octanol–water partition coefficient (Wildman–Crippen LogP) is 3.61. The van der Waals surface area contributed by atoms with E-state index in [1.807, 2.05) is 31.2 Å². The molecule has 2 aromatic heterocycles. The second-order valence-corrected chi connectivity index (χ2v) is 6.31. The van der Waals surface area contributed by atoms with Crippen LogP contribution in [0.15, 0.2) is 47.1 Å². The number of fused-ring (bicyclic) bond motifs is 1. The van der Waals surface area contributed by atoms with Crippen molar-refractivity contribution in [2.75, 3.05) is 13.2 Å². The standard InChI is InChI=1S/C18H17BrFN3O2/c1-2-15-17(23-11-13(20)5-8-16(23)22-15)18(24)21-9-10-25-14-6-3-12(19)4-7-14/h3-8,11H,2,9-10H2,1H3,(H,21,24). The summed E-state index contributed by atoms with van der Waals surface area (Å²) in [5, 5.41) is 2.80. The van der Waals surface area contributed by atoms with E-state index >= 15 is 0 Å². The molecule has 0 fully saturated rings. The first-order valence-corrected chi connectivity index (χ1v) is 8.71. The number of rotatable bonds is 6. The summed E-state index contributed by atoms with van der Waals surface area (Å²) in [5.74, 6) is 0.0121. The summed E-state index contributed by atoms with van der Waals surface area (Å²) in [4.78, 5) is 16.9. The monoisotopic (exact) mass is 405 g/mol. The van der Waals surface area contributed by atoms with Gasteiger partial charge in [0.15, 0.2) is 0 Å². The average Bonchev–Trinajstić information content (AvgIpc) is 2.97. The zero-order valence-corrected chi connectivity index (χ0v) is 15.2. The van der Waals surface area contributed by atoms with Gasteiger partial charge in [-0.1, -0.05) is 22.9 Å². The van der Waals surface area contributed by atoms with Crippen molar-refractivity contribution in [3.63, 3.8) is 0 Å². The third-order valence-corrected chi connectivity index (χ3v) is 4.20. The van der Waals surface area contributed by atoms with E-state index in [2.05, 4.69) is 26.2 Å². The molecule has 0 bridgehead atoms. The Morgan fingerprint density at radius 2 is 2.04 bits per heavy atom. The Hall–Kier alpha value is -2.41. The summed E-state index contributed by atoms with van der Waals surface area (Å²) in [5.41, 5.74) is 1.55. The molecule has 5 nitrogen and oxygen atoms in total. The van der Waals surface area contributed by atoms with E-state index < -0.39 is 5.82 Å². The van der Waals surface area contributed by atoms with Crippen molar-refractivity contribution in [3.05, 3.63) is 64.3 Å². The number of hydrogen-bond acceptors (Lipinski definition) is 3. The Kier molecular flexibility index (Phi) is 5.33.